The number of carbonyl (C=O) groups is 2. The van der Waals surface area contributed by atoms with Crippen LogP contribution in [0.2, 0.25) is 0 Å². The Balaban J connectivity index is 0.00000280. The summed E-state index contributed by atoms with van der Waals surface area (Å²) in [4.78, 5) is 24.7. The van der Waals surface area contributed by atoms with Crippen LogP contribution in [0.1, 0.15) is 89.9 Å². The summed E-state index contributed by atoms with van der Waals surface area (Å²) in [6, 6.07) is 0.919. The molecule has 0 aromatic heterocycles. The van der Waals surface area contributed by atoms with E-state index in [9.17, 15) is 9.59 Å². The van der Waals surface area contributed by atoms with Crippen molar-refractivity contribution < 1.29 is 9.59 Å². The third kappa shape index (κ3) is 7.55. The average Bonchev–Trinajstić information content (AvgIpc) is 3.10. The first-order chi connectivity index (χ1) is 13.2. The molecule has 0 heterocycles. The van der Waals surface area contributed by atoms with Crippen molar-refractivity contribution in [1.82, 2.24) is 16.0 Å². The van der Waals surface area contributed by atoms with Gasteiger partial charge in [0.1, 0.15) is 0 Å². The second kappa shape index (κ2) is 12.7. The zero-order chi connectivity index (χ0) is 18.9. The molecule has 3 saturated carbocycles. The molecule has 0 saturated heterocycles. The molecule has 0 atom stereocenters. The number of carbonyl (C=O) groups excluding carboxylic acids is 2. The summed E-state index contributed by atoms with van der Waals surface area (Å²) in [6.45, 7) is 1.61. The SMILES string of the molecule is Cl.O=C(NCCNC1CCCCCC1)C1CCC(NC(=O)C2CCCC2)CC1. The maximum atomic E-state index is 12.4. The van der Waals surface area contributed by atoms with E-state index in [0.717, 1.165) is 51.6 Å². The Morgan fingerprint density at radius 3 is 1.82 bits per heavy atom. The summed E-state index contributed by atoms with van der Waals surface area (Å²) in [5, 5.41) is 9.97. The lowest BCUT2D eigenvalue weighted by Crippen LogP contribution is -2.43. The van der Waals surface area contributed by atoms with E-state index in [1.807, 2.05) is 0 Å². The van der Waals surface area contributed by atoms with Crippen molar-refractivity contribution >= 4 is 24.2 Å². The average molecular weight is 414 g/mol. The fourth-order valence-corrected chi connectivity index (χ4v) is 5.10. The molecule has 0 aromatic rings. The van der Waals surface area contributed by atoms with Crippen LogP contribution in [-0.2, 0) is 9.59 Å². The predicted molar refractivity (Wildman–Crippen MR) is 116 cm³/mol. The maximum Gasteiger partial charge on any atom is 0.223 e. The van der Waals surface area contributed by atoms with E-state index in [1.165, 1.54) is 51.4 Å². The van der Waals surface area contributed by atoms with Crippen LogP contribution in [0.25, 0.3) is 0 Å². The third-order valence-electron chi connectivity index (χ3n) is 6.88. The molecule has 0 aromatic carbocycles. The fraction of sp³-hybridized carbons (Fsp3) is 0.909. The highest BCUT2D eigenvalue weighted by Crippen LogP contribution is 2.27. The van der Waals surface area contributed by atoms with Crippen LogP contribution in [0.15, 0.2) is 0 Å². The van der Waals surface area contributed by atoms with Gasteiger partial charge in [0.15, 0.2) is 0 Å². The Labute approximate surface area is 177 Å². The third-order valence-corrected chi connectivity index (χ3v) is 6.88. The fourth-order valence-electron chi connectivity index (χ4n) is 5.10. The molecule has 3 fully saturated rings. The van der Waals surface area contributed by atoms with E-state index in [0.29, 0.717) is 6.04 Å². The second-order valence-corrected chi connectivity index (χ2v) is 8.97. The minimum Gasteiger partial charge on any atom is -0.355 e. The van der Waals surface area contributed by atoms with Gasteiger partial charge in [-0.2, -0.15) is 0 Å². The van der Waals surface area contributed by atoms with Gasteiger partial charge in [0.2, 0.25) is 11.8 Å². The van der Waals surface area contributed by atoms with E-state index in [2.05, 4.69) is 16.0 Å². The number of rotatable bonds is 7. The maximum absolute atomic E-state index is 12.4. The molecule has 0 radical (unpaired) electrons. The van der Waals surface area contributed by atoms with Crippen LogP contribution >= 0.6 is 12.4 Å². The van der Waals surface area contributed by atoms with E-state index >= 15 is 0 Å². The molecule has 3 aliphatic rings. The van der Waals surface area contributed by atoms with E-state index in [4.69, 9.17) is 0 Å². The van der Waals surface area contributed by atoms with Gasteiger partial charge in [-0.1, -0.05) is 38.5 Å². The van der Waals surface area contributed by atoms with Crippen molar-refractivity contribution in [2.45, 2.75) is 102 Å². The van der Waals surface area contributed by atoms with Gasteiger partial charge in [0, 0.05) is 37.0 Å². The highest BCUT2D eigenvalue weighted by Gasteiger charge is 2.29. The van der Waals surface area contributed by atoms with Crippen LogP contribution in [0.5, 0.6) is 0 Å². The van der Waals surface area contributed by atoms with Crippen molar-refractivity contribution in [1.29, 1.82) is 0 Å². The summed E-state index contributed by atoms with van der Waals surface area (Å²) < 4.78 is 0. The van der Waals surface area contributed by atoms with E-state index < -0.39 is 0 Å². The van der Waals surface area contributed by atoms with E-state index in [-0.39, 0.29) is 42.1 Å². The molecule has 0 unspecified atom stereocenters. The molecule has 28 heavy (non-hydrogen) atoms. The quantitative estimate of drug-likeness (QED) is 0.440. The first-order valence-corrected chi connectivity index (χ1v) is 11.5. The van der Waals surface area contributed by atoms with Crippen molar-refractivity contribution in [3.63, 3.8) is 0 Å². The molecule has 3 rings (SSSR count). The van der Waals surface area contributed by atoms with Gasteiger partial charge in [0.25, 0.3) is 0 Å². The van der Waals surface area contributed by atoms with Crippen LogP contribution in [-0.4, -0.2) is 37.0 Å². The minimum atomic E-state index is 0. The number of amides is 2. The molecule has 3 N–H and O–H groups in total. The molecule has 6 heteroatoms. The van der Waals surface area contributed by atoms with Crippen molar-refractivity contribution in [2.24, 2.45) is 11.8 Å². The number of halogens is 1. The monoisotopic (exact) mass is 413 g/mol. The molecule has 0 aliphatic heterocycles. The molecule has 3 aliphatic carbocycles. The van der Waals surface area contributed by atoms with Gasteiger partial charge in [-0.25, -0.2) is 0 Å². The normalized spacial score (nSPS) is 26.9. The molecule has 0 bridgehead atoms. The topological polar surface area (TPSA) is 70.2 Å². The Morgan fingerprint density at radius 1 is 0.607 bits per heavy atom. The van der Waals surface area contributed by atoms with Gasteiger partial charge < -0.3 is 16.0 Å². The molecular weight excluding hydrogens is 374 g/mol. The van der Waals surface area contributed by atoms with Gasteiger partial charge in [-0.3, -0.25) is 9.59 Å². The Hall–Kier alpha value is -0.810. The standard InChI is InChI=1S/C22H39N3O2.ClH/c26-21(24-16-15-23-19-9-3-1-2-4-10-19)18-11-13-20(14-12-18)25-22(27)17-7-5-6-8-17;/h17-20,23H,1-16H2,(H,24,26)(H,25,27);1H. The highest BCUT2D eigenvalue weighted by molar-refractivity contribution is 5.85. The van der Waals surface area contributed by atoms with Gasteiger partial charge in [-0.05, 0) is 51.4 Å². The van der Waals surface area contributed by atoms with Crippen molar-refractivity contribution in [2.75, 3.05) is 13.1 Å². The largest absolute Gasteiger partial charge is 0.355 e. The molecular formula is C22H40ClN3O2. The zero-order valence-electron chi connectivity index (χ0n) is 17.3. The first-order valence-electron chi connectivity index (χ1n) is 11.5. The molecule has 5 nitrogen and oxygen atoms in total. The summed E-state index contributed by atoms with van der Waals surface area (Å²) in [6.07, 6.45) is 16.2. The number of nitrogens with one attached hydrogen (secondary N) is 3. The summed E-state index contributed by atoms with van der Waals surface area (Å²) in [5.74, 6) is 0.831. The van der Waals surface area contributed by atoms with Crippen molar-refractivity contribution in [3.05, 3.63) is 0 Å². The van der Waals surface area contributed by atoms with Crippen LogP contribution in [0, 0.1) is 11.8 Å². The lowest BCUT2D eigenvalue weighted by molar-refractivity contribution is -0.126. The highest BCUT2D eigenvalue weighted by atomic mass is 35.5. The Bertz CT molecular complexity index is 466. The van der Waals surface area contributed by atoms with Crippen LogP contribution in [0.4, 0.5) is 0 Å². The predicted octanol–water partition coefficient (Wildman–Crippen LogP) is 3.70. The molecule has 0 spiro atoms. The minimum absolute atomic E-state index is 0. The zero-order valence-corrected chi connectivity index (χ0v) is 18.2. The summed E-state index contributed by atoms with van der Waals surface area (Å²) in [7, 11) is 0. The van der Waals surface area contributed by atoms with Gasteiger partial charge in [-0.15, -0.1) is 12.4 Å². The Morgan fingerprint density at radius 2 is 1.18 bits per heavy atom. The summed E-state index contributed by atoms with van der Waals surface area (Å²) in [5.41, 5.74) is 0. The van der Waals surface area contributed by atoms with Crippen LogP contribution < -0.4 is 16.0 Å². The lowest BCUT2D eigenvalue weighted by Gasteiger charge is -2.29. The molecule has 162 valence electrons. The van der Waals surface area contributed by atoms with Gasteiger partial charge >= 0.3 is 0 Å². The van der Waals surface area contributed by atoms with Gasteiger partial charge in [0.05, 0.1) is 0 Å². The smallest absolute Gasteiger partial charge is 0.223 e. The molecule has 2 amide bonds. The lowest BCUT2D eigenvalue weighted by atomic mass is 9.85. The van der Waals surface area contributed by atoms with Crippen molar-refractivity contribution in [3.8, 4) is 0 Å². The summed E-state index contributed by atoms with van der Waals surface area (Å²) >= 11 is 0. The second-order valence-electron chi connectivity index (χ2n) is 8.97. The number of hydrogen-bond acceptors (Lipinski definition) is 3. The number of hydrogen-bond donors (Lipinski definition) is 3. The van der Waals surface area contributed by atoms with E-state index in [1.54, 1.807) is 0 Å². The Kier molecular flexibility index (Phi) is 10.6. The van der Waals surface area contributed by atoms with Crippen LogP contribution in [0.3, 0.4) is 0 Å². The first kappa shape index (κ1) is 23.5.